The molecule has 3 amide bonds. The van der Waals surface area contributed by atoms with Crippen LogP contribution in [0.15, 0.2) is 17.4 Å². The van der Waals surface area contributed by atoms with Crippen molar-refractivity contribution in [2.45, 2.75) is 12.1 Å². The summed E-state index contributed by atoms with van der Waals surface area (Å²) in [5.74, 6) is -0.418. The van der Waals surface area contributed by atoms with Crippen LogP contribution in [0.3, 0.4) is 0 Å². The third kappa shape index (κ3) is 3.99. The average molecular weight is 348 g/mol. The van der Waals surface area contributed by atoms with Crippen LogP contribution in [-0.4, -0.2) is 38.8 Å². The lowest BCUT2D eigenvalue weighted by atomic mass is 10.5. The molecule has 0 aliphatic rings. The Bertz CT molecular complexity index is 691. The Hall–Kier alpha value is -1.51. The van der Waals surface area contributed by atoms with Crippen LogP contribution in [0.1, 0.15) is 6.92 Å². The van der Waals surface area contributed by atoms with E-state index in [2.05, 4.69) is 20.8 Å². The number of hydrogen-bond donors (Lipinski definition) is 2. The van der Waals surface area contributed by atoms with Crippen LogP contribution in [0.5, 0.6) is 0 Å². The fraction of sp³-hybridized carbons (Fsp3) is 0.273. The Labute approximate surface area is 134 Å². The van der Waals surface area contributed by atoms with Crippen molar-refractivity contribution in [3.63, 3.8) is 0 Å². The minimum absolute atomic E-state index is 0.0159. The van der Waals surface area contributed by atoms with Gasteiger partial charge in [0.1, 0.15) is 0 Å². The third-order valence-corrected chi connectivity index (χ3v) is 3.75. The molecular formula is C11H11Cl2N5O2S. The highest BCUT2D eigenvalue weighted by Gasteiger charge is 2.13. The fourth-order valence-corrected chi connectivity index (χ4v) is 2.72. The van der Waals surface area contributed by atoms with Crippen LogP contribution in [-0.2, 0) is 4.79 Å². The number of amides is 3. The molecular weight excluding hydrogens is 337 g/mol. The van der Waals surface area contributed by atoms with Crippen LogP contribution in [0.2, 0.25) is 10.0 Å². The number of aromatic nitrogens is 3. The van der Waals surface area contributed by atoms with Crippen molar-refractivity contribution in [2.75, 3.05) is 12.3 Å². The average Bonchev–Trinajstić information content (AvgIpc) is 2.79. The smallest absolute Gasteiger partial charge is 0.321 e. The maximum Gasteiger partial charge on any atom is 0.321 e. The zero-order valence-corrected chi connectivity index (χ0v) is 13.2. The van der Waals surface area contributed by atoms with Gasteiger partial charge in [-0.05, 0) is 13.0 Å². The van der Waals surface area contributed by atoms with E-state index in [-0.39, 0.29) is 5.75 Å². The molecule has 0 aliphatic carbocycles. The maximum atomic E-state index is 11.6. The van der Waals surface area contributed by atoms with E-state index in [4.69, 9.17) is 23.2 Å². The Morgan fingerprint density at radius 3 is 2.86 bits per heavy atom. The number of fused-ring (bicyclic) bond motifs is 1. The van der Waals surface area contributed by atoms with E-state index in [1.54, 1.807) is 23.6 Å². The molecule has 0 atom stereocenters. The number of nitrogens with one attached hydrogen (secondary N) is 2. The SMILES string of the molecule is CCNC(=O)NC(=O)CSc1nnc2c(Cl)cc(Cl)cn12. The third-order valence-electron chi connectivity index (χ3n) is 2.32. The van der Waals surface area contributed by atoms with Gasteiger partial charge in [0.05, 0.1) is 15.8 Å². The Morgan fingerprint density at radius 2 is 2.14 bits per heavy atom. The predicted molar refractivity (Wildman–Crippen MR) is 80.9 cm³/mol. The second-order valence-electron chi connectivity index (χ2n) is 3.88. The monoisotopic (exact) mass is 347 g/mol. The molecule has 0 radical (unpaired) electrons. The second kappa shape index (κ2) is 6.97. The predicted octanol–water partition coefficient (Wildman–Crippen LogP) is 1.97. The van der Waals surface area contributed by atoms with Crippen molar-refractivity contribution in [3.05, 3.63) is 22.3 Å². The summed E-state index contributed by atoms with van der Waals surface area (Å²) < 4.78 is 1.59. The summed E-state index contributed by atoms with van der Waals surface area (Å²) in [7, 11) is 0. The van der Waals surface area contributed by atoms with Gasteiger partial charge in [-0.15, -0.1) is 10.2 Å². The first-order chi connectivity index (χ1) is 10.0. The van der Waals surface area contributed by atoms with Gasteiger partial charge < -0.3 is 5.32 Å². The standard InChI is InChI=1S/C11H11Cl2N5O2S/c1-2-14-10(20)15-8(19)5-21-11-17-16-9-7(13)3-6(12)4-18(9)11/h3-4H,2,5H2,1H3,(H2,14,15,19,20). The van der Waals surface area contributed by atoms with Crippen molar-refractivity contribution in [2.24, 2.45) is 0 Å². The number of pyridine rings is 1. The molecule has 10 heteroatoms. The highest BCUT2D eigenvalue weighted by Crippen LogP contribution is 2.25. The van der Waals surface area contributed by atoms with Crippen LogP contribution >= 0.6 is 35.0 Å². The minimum Gasteiger partial charge on any atom is -0.338 e. The number of carbonyl (C=O) groups excluding carboxylic acids is 2. The van der Waals surface area contributed by atoms with E-state index >= 15 is 0 Å². The summed E-state index contributed by atoms with van der Waals surface area (Å²) in [6, 6.07) is 1.03. The molecule has 0 spiro atoms. The van der Waals surface area contributed by atoms with Gasteiger partial charge in [0.25, 0.3) is 0 Å². The lowest BCUT2D eigenvalue weighted by Crippen LogP contribution is -2.40. The Morgan fingerprint density at radius 1 is 1.38 bits per heavy atom. The van der Waals surface area contributed by atoms with Crippen LogP contribution in [0.25, 0.3) is 5.65 Å². The fourth-order valence-electron chi connectivity index (χ4n) is 1.50. The molecule has 7 nitrogen and oxygen atoms in total. The van der Waals surface area contributed by atoms with Gasteiger partial charge in [-0.1, -0.05) is 35.0 Å². The summed E-state index contributed by atoms with van der Waals surface area (Å²) in [5, 5.41) is 13.8. The van der Waals surface area contributed by atoms with Gasteiger partial charge in [-0.25, -0.2) is 4.79 Å². The maximum absolute atomic E-state index is 11.6. The lowest BCUT2D eigenvalue weighted by Gasteiger charge is -2.04. The normalized spacial score (nSPS) is 10.6. The molecule has 21 heavy (non-hydrogen) atoms. The van der Waals surface area contributed by atoms with Gasteiger partial charge >= 0.3 is 6.03 Å². The number of rotatable bonds is 4. The van der Waals surface area contributed by atoms with Gasteiger partial charge in [-0.3, -0.25) is 14.5 Å². The summed E-state index contributed by atoms with van der Waals surface area (Å²) >= 11 is 13.0. The highest BCUT2D eigenvalue weighted by atomic mass is 35.5. The number of urea groups is 1. The first-order valence-corrected chi connectivity index (χ1v) is 7.65. The van der Waals surface area contributed by atoms with Crippen molar-refractivity contribution in [1.29, 1.82) is 0 Å². The molecule has 0 saturated heterocycles. The summed E-state index contributed by atoms with van der Waals surface area (Å²) in [6.07, 6.45) is 1.60. The summed E-state index contributed by atoms with van der Waals surface area (Å²) in [4.78, 5) is 22.8. The van der Waals surface area contributed by atoms with E-state index < -0.39 is 11.9 Å². The topological polar surface area (TPSA) is 88.4 Å². The van der Waals surface area contributed by atoms with Crippen molar-refractivity contribution in [3.8, 4) is 0 Å². The van der Waals surface area contributed by atoms with Crippen LogP contribution in [0.4, 0.5) is 4.79 Å². The molecule has 2 heterocycles. The molecule has 0 bridgehead atoms. The van der Waals surface area contributed by atoms with Crippen LogP contribution < -0.4 is 10.6 Å². The number of carbonyl (C=O) groups is 2. The molecule has 0 unspecified atom stereocenters. The Kier molecular flexibility index (Phi) is 5.27. The van der Waals surface area contributed by atoms with Gasteiger partial charge in [-0.2, -0.15) is 0 Å². The minimum atomic E-state index is -0.528. The zero-order valence-electron chi connectivity index (χ0n) is 10.9. The number of halogens is 2. The van der Waals surface area contributed by atoms with Crippen molar-refractivity contribution in [1.82, 2.24) is 25.2 Å². The number of hydrogen-bond acceptors (Lipinski definition) is 5. The molecule has 2 rings (SSSR count). The molecule has 2 aromatic heterocycles. The molecule has 0 aliphatic heterocycles. The molecule has 0 saturated carbocycles. The van der Waals surface area contributed by atoms with E-state index in [9.17, 15) is 9.59 Å². The number of thioether (sulfide) groups is 1. The van der Waals surface area contributed by atoms with Gasteiger partial charge in [0.15, 0.2) is 10.8 Å². The first-order valence-electron chi connectivity index (χ1n) is 5.91. The molecule has 0 aromatic carbocycles. The number of nitrogens with zero attached hydrogens (tertiary/aromatic N) is 3. The van der Waals surface area contributed by atoms with Gasteiger partial charge in [0.2, 0.25) is 5.91 Å². The van der Waals surface area contributed by atoms with E-state index in [1.807, 2.05) is 0 Å². The lowest BCUT2D eigenvalue weighted by molar-refractivity contribution is -0.117. The van der Waals surface area contributed by atoms with Crippen molar-refractivity contribution >= 4 is 52.5 Å². The van der Waals surface area contributed by atoms with Crippen molar-refractivity contribution < 1.29 is 9.59 Å². The highest BCUT2D eigenvalue weighted by molar-refractivity contribution is 7.99. The molecule has 0 fully saturated rings. The first kappa shape index (κ1) is 15.9. The molecule has 112 valence electrons. The second-order valence-corrected chi connectivity index (χ2v) is 5.66. The number of imide groups is 1. The zero-order chi connectivity index (χ0) is 15.4. The summed E-state index contributed by atoms with van der Waals surface area (Å²) in [6.45, 7) is 2.20. The molecule has 2 N–H and O–H groups in total. The van der Waals surface area contributed by atoms with Crippen LogP contribution in [0, 0.1) is 0 Å². The van der Waals surface area contributed by atoms with Gasteiger partial charge in [0, 0.05) is 12.7 Å². The molecule has 2 aromatic rings. The quantitative estimate of drug-likeness (QED) is 0.825. The van der Waals surface area contributed by atoms with E-state index in [0.29, 0.717) is 27.4 Å². The Balaban J connectivity index is 2.04. The largest absolute Gasteiger partial charge is 0.338 e. The summed E-state index contributed by atoms with van der Waals surface area (Å²) in [5.41, 5.74) is 0.452. The van der Waals surface area contributed by atoms with E-state index in [1.165, 1.54) is 0 Å². The van der Waals surface area contributed by atoms with E-state index in [0.717, 1.165) is 11.8 Å².